The summed E-state index contributed by atoms with van der Waals surface area (Å²) in [5.41, 5.74) is 1.19. The van der Waals surface area contributed by atoms with Crippen LogP contribution in [0.5, 0.6) is 0 Å². The van der Waals surface area contributed by atoms with E-state index in [1.807, 2.05) is 30.1 Å². The molecule has 0 radical (unpaired) electrons. The minimum absolute atomic E-state index is 0. The Morgan fingerprint density at radius 1 is 1.27 bits per heavy atom. The van der Waals surface area contributed by atoms with Gasteiger partial charge in [-0.3, -0.25) is 9.69 Å². The molecule has 0 aromatic heterocycles. The van der Waals surface area contributed by atoms with E-state index in [0.717, 1.165) is 38.0 Å². The zero-order valence-corrected chi connectivity index (χ0v) is 14.2. The number of rotatable bonds is 4. The van der Waals surface area contributed by atoms with Crippen LogP contribution in [-0.4, -0.2) is 55.5 Å². The predicted octanol–water partition coefficient (Wildman–Crippen LogP) is 1.78. The second-order valence-corrected chi connectivity index (χ2v) is 6.46. The zero-order chi connectivity index (χ0) is 14.8. The SMILES string of the molecule is CC(c1ccccc1)N(C)C(=O)CN1C[C@H]2CNC[C@H]2C1.Cl. The third-order valence-electron chi connectivity index (χ3n) is 5.08. The first-order valence-corrected chi connectivity index (χ1v) is 7.89. The van der Waals surface area contributed by atoms with Crippen LogP contribution in [0.15, 0.2) is 30.3 Å². The average Bonchev–Trinajstić information content (AvgIpc) is 3.07. The van der Waals surface area contributed by atoms with Crippen molar-refractivity contribution in [2.24, 2.45) is 11.8 Å². The number of likely N-dealkylation sites (N-methyl/N-ethyl adjacent to an activating group) is 1. The van der Waals surface area contributed by atoms with E-state index < -0.39 is 0 Å². The average molecular weight is 324 g/mol. The summed E-state index contributed by atoms with van der Waals surface area (Å²) in [6.45, 7) is 7.02. The molecule has 2 aliphatic heterocycles. The van der Waals surface area contributed by atoms with Crippen LogP contribution in [0.2, 0.25) is 0 Å². The van der Waals surface area contributed by atoms with Crippen molar-refractivity contribution in [3.63, 3.8) is 0 Å². The number of likely N-dealkylation sites (tertiary alicyclic amines) is 1. The summed E-state index contributed by atoms with van der Waals surface area (Å²) in [6, 6.07) is 10.4. The molecule has 3 atom stereocenters. The Kier molecular flexibility index (Phi) is 5.84. The minimum atomic E-state index is 0. The number of carbonyl (C=O) groups is 1. The van der Waals surface area contributed by atoms with Gasteiger partial charge >= 0.3 is 0 Å². The smallest absolute Gasteiger partial charge is 0.236 e. The molecule has 22 heavy (non-hydrogen) atoms. The second-order valence-electron chi connectivity index (χ2n) is 6.46. The van der Waals surface area contributed by atoms with E-state index in [9.17, 15) is 4.79 Å². The number of hydrogen-bond donors (Lipinski definition) is 1. The fourth-order valence-electron chi connectivity index (χ4n) is 3.56. The first-order valence-electron chi connectivity index (χ1n) is 7.89. The third kappa shape index (κ3) is 3.62. The summed E-state index contributed by atoms with van der Waals surface area (Å²) in [5.74, 6) is 1.71. The van der Waals surface area contributed by atoms with Gasteiger partial charge < -0.3 is 10.2 Å². The molecule has 0 spiro atoms. The monoisotopic (exact) mass is 323 g/mol. The topological polar surface area (TPSA) is 35.6 Å². The summed E-state index contributed by atoms with van der Waals surface area (Å²) in [4.78, 5) is 16.7. The zero-order valence-electron chi connectivity index (χ0n) is 13.4. The standard InChI is InChI=1S/C17H25N3O.ClH/c1-13(14-6-4-3-5-7-14)19(2)17(21)12-20-10-15-8-18-9-16(15)11-20;/h3-7,13,15-16,18H,8-12H2,1-2H3;1H/t13?,15-,16+;. The number of halogens is 1. The molecule has 0 bridgehead atoms. The van der Waals surface area contributed by atoms with Crippen LogP contribution in [0.25, 0.3) is 0 Å². The summed E-state index contributed by atoms with van der Waals surface area (Å²) >= 11 is 0. The lowest BCUT2D eigenvalue weighted by atomic mass is 10.0. The molecule has 4 nitrogen and oxygen atoms in total. The lowest BCUT2D eigenvalue weighted by Gasteiger charge is -2.27. The molecular formula is C17H26ClN3O. The number of carbonyl (C=O) groups excluding carboxylic acids is 1. The molecule has 1 aromatic carbocycles. The molecule has 1 aromatic rings. The van der Waals surface area contributed by atoms with Gasteiger partial charge in [-0.05, 0) is 37.4 Å². The minimum Gasteiger partial charge on any atom is -0.338 e. The Morgan fingerprint density at radius 2 is 1.86 bits per heavy atom. The van der Waals surface area contributed by atoms with Crippen molar-refractivity contribution in [1.82, 2.24) is 15.1 Å². The van der Waals surface area contributed by atoms with E-state index in [0.29, 0.717) is 6.54 Å². The van der Waals surface area contributed by atoms with Crippen LogP contribution in [-0.2, 0) is 4.79 Å². The maximum Gasteiger partial charge on any atom is 0.236 e. The van der Waals surface area contributed by atoms with Crippen LogP contribution in [0, 0.1) is 11.8 Å². The lowest BCUT2D eigenvalue weighted by Crippen LogP contribution is -2.39. The molecule has 2 heterocycles. The van der Waals surface area contributed by atoms with Crippen LogP contribution in [0.3, 0.4) is 0 Å². The Labute approximate surface area is 139 Å². The van der Waals surface area contributed by atoms with Gasteiger partial charge in [0.05, 0.1) is 12.6 Å². The molecule has 2 saturated heterocycles. The number of nitrogens with zero attached hydrogens (tertiary/aromatic N) is 2. The molecule has 5 heteroatoms. The number of benzene rings is 1. The predicted molar refractivity (Wildman–Crippen MR) is 91.2 cm³/mol. The number of nitrogens with one attached hydrogen (secondary N) is 1. The van der Waals surface area contributed by atoms with Gasteiger partial charge in [0.1, 0.15) is 0 Å². The molecule has 2 fully saturated rings. The van der Waals surface area contributed by atoms with Gasteiger partial charge in [-0.15, -0.1) is 12.4 Å². The molecule has 1 N–H and O–H groups in total. The van der Waals surface area contributed by atoms with Crippen molar-refractivity contribution in [1.29, 1.82) is 0 Å². The lowest BCUT2D eigenvalue weighted by molar-refractivity contribution is -0.132. The van der Waals surface area contributed by atoms with Crippen LogP contribution in [0.1, 0.15) is 18.5 Å². The van der Waals surface area contributed by atoms with Crippen molar-refractivity contribution in [3.8, 4) is 0 Å². The van der Waals surface area contributed by atoms with E-state index in [-0.39, 0.29) is 24.4 Å². The molecule has 0 saturated carbocycles. The van der Waals surface area contributed by atoms with Gasteiger partial charge in [0.2, 0.25) is 5.91 Å². The fraction of sp³-hybridized carbons (Fsp3) is 0.588. The van der Waals surface area contributed by atoms with Crippen molar-refractivity contribution in [2.45, 2.75) is 13.0 Å². The first kappa shape index (κ1) is 17.3. The number of amides is 1. The molecule has 0 aliphatic carbocycles. The van der Waals surface area contributed by atoms with Gasteiger partial charge in [-0.25, -0.2) is 0 Å². The third-order valence-corrected chi connectivity index (χ3v) is 5.08. The summed E-state index contributed by atoms with van der Waals surface area (Å²) in [5, 5.41) is 3.44. The van der Waals surface area contributed by atoms with Gasteiger partial charge in [0.15, 0.2) is 0 Å². The Morgan fingerprint density at radius 3 is 2.45 bits per heavy atom. The van der Waals surface area contributed by atoms with Gasteiger partial charge in [-0.2, -0.15) is 0 Å². The molecule has 2 aliphatic rings. The molecule has 3 rings (SSSR count). The first-order chi connectivity index (χ1) is 10.1. The van der Waals surface area contributed by atoms with E-state index in [2.05, 4.69) is 29.3 Å². The van der Waals surface area contributed by atoms with Crippen molar-refractivity contribution >= 4 is 18.3 Å². The van der Waals surface area contributed by atoms with Crippen molar-refractivity contribution in [3.05, 3.63) is 35.9 Å². The van der Waals surface area contributed by atoms with E-state index in [1.54, 1.807) is 0 Å². The molecule has 1 amide bonds. The Bertz CT molecular complexity index is 484. The maximum absolute atomic E-state index is 12.5. The summed E-state index contributed by atoms with van der Waals surface area (Å²) < 4.78 is 0. The Hall–Kier alpha value is -1.10. The number of hydrogen-bond acceptors (Lipinski definition) is 3. The molecular weight excluding hydrogens is 298 g/mol. The van der Waals surface area contributed by atoms with Crippen molar-refractivity contribution in [2.75, 3.05) is 39.8 Å². The summed E-state index contributed by atoms with van der Waals surface area (Å²) in [7, 11) is 1.92. The van der Waals surface area contributed by atoms with Gasteiger partial charge in [-0.1, -0.05) is 30.3 Å². The van der Waals surface area contributed by atoms with Crippen LogP contribution >= 0.6 is 12.4 Å². The highest BCUT2D eigenvalue weighted by molar-refractivity contribution is 5.85. The highest BCUT2D eigenvalue weighted by atomic mass is 35.5. The van der Waals surface area contributed by atoms with Crippen LogP contribution in [0.4, 0.5) is 0 Å². The maximum atomic E-state index is 12.5. The second kappa shape index (κ2) is 7.44. The fourth-order valence-corrected chi connectivity index (χ4v) is 3.56. The van der Waals surface area contributed by atoms with Crippen molar-refractivity contribution < 1.29 is 4.79 Å². The molecule has 122 valence electrons. The highest BCUT2D eigenvalue weighted by Gasteiger charge is 2.37. The van der Waals surface area contributed by atoms with E-state index in [4.69, 9.17) is 0 Å². The highest BCUT2D eigenvalue weighted by Crippen LogP contribution is 2.26. The Balaban J connectivity index is 0.00000176. The van der Waals surface area contributed by atoms with Gasteiger partial charge in [0.25, 0.3) is 0 Å². The quantitative estimate of drug-likeness (QED) is 0.917. The molecule has 1 unspecified atom stereocenters. The normalized spacial score (nSPS) is 25.4. The van der Waals surface area contributed by atoms with E-state index >= 15 is 0 Å². The van der Waals surface area contributed by atoms with Crippen LogP contribution < -0.4 is 5.32 Å². The van der Waals surface area contributed by atoms with Gasteiger partial charge in [0, 0.05) is 20.1 Å². The number of fused-ring (bicyclic) bond motifs is 1. The van der Waals surface area contributed by atoms with E-state index in [1.165, 1.54) is 5.56 Å². The largest absolute Gasteiger partial charge is 0.338 e. The summed E-state index contributed by atoms with van der Waals surface area (Å²) in [6.07, 6.45) is 0.